The van der Waals surface area contributed by atoms with Gasteiger partial charge in [-0.3, -0.25) is 4.79 Å². The number of likely N-dealkylation sites (tertiary alicyclic amines) is 1. The third kappa shape index (κ3) is 2.08. The van der Waals surface area contributed by atoms with E-state index in [-0.39, 0.29) is 17.9 Å². The third-order valence-corrected chi connectivity index (χ3v) is 3.88. The second-order valence-corrected chi connectivity index (χ2v) is 5.15. The molecular weight excluding hydrogens is 228 g/mol. The normalized spacial score (nSPS) is 25.9. The highest BCUT2D eigenvalue weighted by Gasteiger charge is 2.29. The van der Waals surface area contributed by atoms with Gasteiger partial charge in [-0.25, -0.2) is 0 Å². The Morgan fingerprint density at radius 2 is 2.28 bits per heavy atom. The number of carbonyl (C=O) groups is 1. The third-order valence-electron chi connectivity index (χ3n) is 3.88. The fourth-order valence-corrected chi connectivity index (χ4v) is 2.85. The zero-order valence-electron chi connectivity index (χ0n) is 10.3. The van der Waals surface area contributed by atoms with Gasteiger partial charge in [0.15, 0.2) is 0 Å². The van der Waals surface area contributed by atoms with Crippen molar-refractivity contribution in [3.05, 3.63) is 29.8 Å². The Labute approximate surface area is 107 Å². The number of aliphatic hydroxyl groups excluding tert-OH is 1. The van der Waals surface area contributed by atoms with Crippen LogP contribution < -0.4 is 5.32 Å². The Balaban J connectivity index is 1.66. The van der Waals surface area contributed by atoms with Crippen molar-refractivity contribution in [3.63, 3.8) is 0 Å². The molecule has 2 aliphatic heterocycles. The smallest absolute Gasteiger partial charge is 0.223 e. The summed E-state index contributed by atoms with van der Waals surface area (Å²) in [5.41, 5.74) is 2.39. The first kappa shape index (κ1) is 11.5. The lowest BCUT2D eigenvalue weighted by atomic mass is 9.97. The van der Waals surface area contributed by atoms with E-state index in [1.807, 2.05) is 12.1 Å². The number of fused-ring (bicyclic) bond motifs is 1. The van der Waals surface area contributed by atoms with Crippen molar-refractivity contribution in [2.75, 3.05) is 25.0 Å². The number of aliphatic hydroxyl groups is 1. The molecule has 0 radical (unpaired) electrons. The van der Waals surface area contributed by atoms with Gasteiger partial charge in [-0.2, -0.15) is 0 Å². The van der Waals surface area contributed by atoms with E-state index in [4.69, 9.17) is 0 Å². The van der Waals surface area contributed by atoms with Gasteiger partial charge in [-0.1, -0.05) is 18.2 Å². The lowest BCUT2D eigenvalue weighted by Crippen LogP contribution is -2.30. The fraction of sp³-hybridized carbons (Fsp3) is 0.500. The molecule has 18 heavy (non-hydrogen) atoms. The van der Waals surface area contributed by atoms with E-state index in [1.54, 1.807) is 4.90 Å². The summed E-state index contributed by atoms with van der Waals surface area (Å²) < 4.78 is 0. The summed E-state index contributed by atoms with van der Waals surface area (Å²) in [6.45, 7) is 2.03. The Morgan fingerprint density at radius 3 is 3.06 bits per heavy atom. The van der Waals surface area contributed by atoms with Crippen LogP contribution in [0.15, 0.2) is 24.3 Å². The van der Waals surface area contributed by atoms with Crippen LogP contribution in [0, 0.1) is 0 Å². The number of hydrogen-bond acceptors (Lipinski definition) is 3. The Morgan fingerprint density at radius 1 is 1.44 bits per heavy atom. The van der Waals surface area contributed by atoms with Crippen LogP contribution in [0.3, 0.4) is 0 Å². The van der Waals surface area contributed by atoms with Gasteiger partial charge >= 0.3 is 0 Å². The van der Waals surface area contributed by atoms with Crippen molar-refractivity contribution in [1.29, 1.82) is 0 Å². The lowest BCUT2D eigenvalue weighted by Gasteiger charge is -2.18. The second kappa shape index (κ2) is 4.61. The summed E-state index contributed by atoms with van der Waals surface area (Å²) in [6.07, 6.45) is 0.921. The number of β-amino-alcohol motifs (C(OH)–C–C–N with tert-alkyl or cyclic N) is 1. The molecule has 1 amide bonds. The number of anilines is 1. The van der Waals surface area contributed by atoms with Crippen LogP contribution in [0.5, 0.6) is 0 Å². The van der Waals surface area contributed by atoms with Crippen molar-refractivity contribution in [2.24, 2.45) is 0 Å². The maximum Gasteiger partial charge on any atom is 0.223 e. The van der Waals surface area contributed by atoms with Gasteiger partial charge in [0.05, 0.1) is 6.10 Å². The fourth-order valence-electron chi connectivity index (χ4n) is 2.85. The number of nitrogens with one attached hydrogen (secondary N) is 1. The van der Waals surface area contributed by atoms with Crippen LogP contribution >= 0.6 is 0 Å². The Kier molecular flexibility index (Phi) is 2.96. The predicted molar refractivity (Wildman–Crippen MR) is 69.5 cm³/mol. The molecule has 4 heteroatoms. The van der Waals surface area contributed by atoms with Gasteiger partial charge < -0.3 is 15.3 Å². The monoisotopic (exact) mass is 246 g/mol. The van der Waals surface area contributed by atoms with Gasteiger partial charge in [0.25, 0.3) is 0 Å². The zero-order valence-corrected chi connectivity index (χ0v) is 10.3. The van der Waals surface area contributed by atoms with E-state index in [0.717, 1.165) is 12.2 Å². The standard InChI is InChI=1S/C14H18N2O2/c17-11-5-6-16(9-11)14(18)7-10-8-15-13-4-2-1-3-12(10)13/h1-4,10-11,15,17H,5-9H2. The molecule has 0 bridgehead atoms. The molecule has 0 saturated carbocycles. The molecule has 0 aliphatic carbocycles. The highest BCUT2D eigenvalue weighted by atomic mass is 16.3. The molecule has 0 spiro atoms. The van der Waals surface area contributed by atoms with E-state index < -0.39 is 0 Å². The van der Waals surface area contributed by atoms with Crippen LogP contribution in [-0.4, -0.2) is 41.7 Å². The Bertz CT molecular complexity index is 461. The van der Waals surface area contributed by atoms with Crippen LogP contribution in [0.25, 0.3) is 0 Å². The van der Waals surface area contributed by atoms with E-state index >= 15 is 0 Å². The van der Waals surface area contributed by atoms with Crippen LogP contribution in [0.2, 0.25) is 0 Å². The van der Waals surface area contributed by atoms with E-state index in [9.17, 15) is 9.90 Å². The molecule has 1 aromatic rings. The highest BCUT2D eigenvalue weighted by Crippen LogP contribution is 2.33. The van der Waals surface area contributed by atoms with E-state index in [1.165, 1.54) is 5.56 Å². The molecular formula is C14H18N2O2. The molecule has 0 aromatic heterocycles. The maximum atomic E-state index is 12.1. The number of rotatable bonds is 2. The number of benzene rings is 1. The van der Waals surface area contributed by atoms with Gasteiger partial charge in [-0.05, 0) is 18.1 Å². The molecule has 3 rings (SSSR count). The van der Waals surface area contributed by atoms with Crippen LogP contribution in [0.4, 0.5) is 5.69 Å². The summed E-state index contributed by atoms with van der Waals surface area (Å²) in [5, 5.41) is 12.8. The van der Waals surface area contributed by atoms with Gasteiger partial charge in [-0.15, -0.1) is 0 Å². The first-order valence-electron chi connectivity index (χ1n) is 6.52. The minimum Gasteiger partial charge on any atom is -0.391 e. The summed E-state index contributed by atoms with van der Waals surface area (Å²) >= 11 is 0. The van der Waals surface area contributed by atoms with Gasteiger partial charge in [0.2, 0.25) is 5.91 Å². The molecule has 2 N–H and O–H groups in total. The summed E-state index contributed by atoms with van der Waals surface area (Å²) in [7, 11) is 0. The van der Waals surface area contributed by atoms with Gasteiger partial charge in [0.1, 0.15) is 0 Å². The SMILES string of the molecule is O=C(CC1CNc2ccccc21)N1CCC(O)C1. The quantitative estimate of drug-likeness (QED) is 0.824. The van der Waals surface area contributed by atoms with Crippen molar-refractivity contribution >= 4 is 11.6 Å². The average Bonchev–Trinajstić information content (AvgIpc) is 2.97. The predicted octanol–water partition coefficient (Wildman–Crippen LogP) is 1.18. The van der Waals surface area contributed by atoms with E-state index in [2.05, 4.69) is 17.4 Å². The molecule has 2 aliphatic rings. The molecule has 1 saturated heterocycles. The summed E-state index contributed by atoms with van der Waals surface area (Å²) in [6, 6.07) is 8.17. The molecule has 2 atom stereocenters. The average molecular weight is 246 g/mol. The Hall–Kier alpha value is -1.55. The minimum absolute atomic E-state index is 0.162. The van der Waals surface area contributed by atoms with Crippen molar-refractivity contribution in [3.8, 4) is 0 Å². The molecule has 2 unspecified atom stereocenters. The second-order valence-electron chi connectivity index (χ2n) is 5.15. The number of amides is 1. The summed E-state index contributed by atoms with van der Waals surface area (Å²) in [4.78, 5) is 13.9. The molecule has 4 nitrogen and oxygen atoms in total. The molecule has 1 aromatic carbocycles. The number of nitrogens with zero attached hydrogens (tertiary/aromatic N) is 1. The van der Waals surface area contributed by atoms with Crippen molar-refractivity contribution in [2.45, 2.75) is 24.9 Å². The zero-order chi connectivity index (χ0) is 12.5. The van der Waals surface area contributed by atoms with E-state index in [0.29, 0.717) is 25.9 Å². The molecule has 2 heterocycles. The van der Waals surface area contributed by atoms with Crippen LogP contribution in [-0.2, 0) is 4.79 Å². The van der Waals surface area contributed by atoms with Crippen LogP contribution in [0.1, 0.15) is 24.3 Å². The number of hydrogen-bond donors (Lipinski definition) is 2. The molecule has 96 valence electrons. The first-order valence-corrected chi connectivity index (χ1v) is 6.52. The largest absolute Gasteiger partial charge is 0.391 e. The highest BCUT2D eigenvalue weighted by molar-refractivity contribution is 5.78. The topological polar surface area (TPSA) is 52.6 Å². The van der Waals surface area contributed by atoms with Crippen molar-refractivity contribution < 1.29 is 9.90 Å². The van der Waals surface area contributed by atoms with Crippen molar-refractivity contribution in [1.82, 2.24) is 4.90 Å². The maximum absolute atomic E-state index is 12.1. The minimum atomic E-state index is -0.331. The first-order chi connectivity index (χ1) is 8.74. The number of para-hydroxylation sites is 1. The van der Waals surface area contributed by atoms with Gasteiger partial charge in [0, 0.05) is 37.7 Å². The number of carbonyl (C=O) groups excluding carboxylic acids is 1. The summed E-state index contributed by atoms with van der Waals surface area (Å²) in [5.74, 6) is 0.432. The molecule has 1 fully saturated rings. The lowest BCUT2D eigenvalue weighted by molar-refractivity contribution is -0.130.